The molecule has 0 atom stereocenters. The van der Waals surface area contributed by atoms with Gasteiger partial charge in [-0.3, -0.25) is 4.79 Å². The number of sulfonamides is 1. The SMILES string of the molecule is CCN(CCOc1ccc(C(N)=O)cc1)S(C)(=O)=O. The van der Waals surface area contributed by atoms with E-state index in [1.165, 1.54) is 4.31 Å². The average molecular weight is 286 g/mol. The molecular weight excluding hydrogens is 268 g/mol. The Balaban J connectivity index is 2.51. The van der Waals surface area contributed by atoms with Crippen LogP contribution in [0.15, 0.2) is 24.3 Å². The van der Waals surface area contributed by atoms with Crippen molar-refractivity contribution in [2.45, 2.75) is 6.92 Å². The molecule has 1 aromatic rings. The summed E-state index contributed by atoms with van der Waals surface area (Å²) < 4.78 is 29.4. The Morgan fingerprint density at radius 3 is 2.32 bits per heavy atom. The lowest BCUT2D eigenvalue weighted by Gasteiger charge is -2.17. The molecule has 0 aromatic heterocycles. The molecule has 6 nitrogen and oxygen atoms in total. The summed E-state index contributed by atoms with van der Waals surface area (Å²) in [7, 11) is -3.20. The van der Waals surface area contributed by atoms with Crippen LogP contribution in [0, 0.1) is 0 Å². The van der Waals surface area contributed by atoms with E-state index in [-0.39, 0.29) is 13.2 Å². The molecule has 2 N–H and O–H groups in total. The first kappa shape index (κ1) is 15.5. The van der Waals surface area contributed by atoms with Crippen LogP contribution < -0.4 is 10.5 Å². The molecule has 106 valence electrons. The van der Waals surface area contributed by atoms with E-state index in [0.29, 0.717) is 17.9 Å². The molecule has 0 unspecified atom stereocenters. The third kappa shape index (κ3) is 4.88. The molecule has 19 heavy (non-hydrogen) atoms. The summed E-state index contributed by atoms with van der Waals surface area (Å²) in [6.45, 7) is 2.70. The predicted molar refractivity (Wildman–Crippen MR) is 72.5 cm³/mol. The van der Waals surface area contributed by atoms with Crippen molar-refractivity contribution in [2.75, 3.05) is 26.0 Å². The fraction of sp³-hybridized carbons (Fsp3) is 0.417. The Labute approximate surface area is 113 Å². The Hall–Kier alpha value is -1.60. The Morgan fingerprint density at radius 1 is 1.32 bits per heavy atom. The van der Waals surface area contributed by atoms with Crippen LogP contribution in [0.1, 0.15) is 17.3 Å². The third-order valence-corrected chi connectivity index (χ3v) is 3.95. The van der Waals surface area contributed by atoms with Crippen molar-refractivity contribution in [3.8, 4) is 5.75 Å². The monoisotopic (exact) mass is 286 g/mol. The highest BCUT2D eigenvalue weighted by Crippen LogP contribution is 2.12. The van der Waals surface area contributed by atoms with E-state index in [2.05, 4.69) is 0 Å². The summed E-state index contributed by atoms with van der Waals surface area (Å²) in [5.74, 6) is 0.0651. The molecule has 7 heteroatoms. The van der Waals surface area contributed by atoms with Crippen LogP contribution in [0.25, 0.3) is 0 Å². The van der Waals surface area contributed by atoms with E-state index in [0.717, 1.165) is 6.26 Å². The summed E-state index contributed by atoms with van der Waals surface area (Å²) in [4.78, 5) is 10.9. The second kappa shape index (κ2) is 6.53. The summed E-state index contributed by atoms with van der Waals surface area (Å²) in [6, 6.07) is 6.37. The van der Waals surface area contributed by atoms with Crippen LogP contribution in [0.4, 0.5) is 0 Å². The van der Waals surface area contributed by atoms with Gasteiger partial charge in [-0.05, 0) is 24.3 Å². The van der Waals surface area contributed by atoms with Gasteiger partial charge in [0.15, 0.2) is 0 Å². The quantitative estimate of drug-likeness (QED) is 0.788. The highest BCUT2D eigenvalue weighted by Gasteiger charge is 2.13. The lowest BCUT2D eigenvalue weighted by molar-refractivity contribution is 0.1000. The number of benzene rings is 1. The first-order chi connectivity index (χ1) is 8.84. The van der Waals surface area contributed by atoms with Gasteiger partial charge in [-0.1, -0.05) is 6.92 Å². The number of hydrogen-bond donors (Lipinski definition) is 1. The average Bonchev–Trinajstić information content (AvgIpc) is 2.33. The van der Waals surface area contributed by atoms with Crippen molar-refractivity contribution in [1.82, 2.24) is 4.31 Å². The predicted octanol–water partition coefficient (Wildman–Crippen LogP) is 0.446. The van der Waals surface area contributed by atoms with Crippen molar-refractivity contribution in [1.29, 1.82) is 0 Å². The summed E-state index contributed by atoms with van der Waals surface area (Å²) >= 11 is 0. The van der Waals surface area contributed by atoms with E-state index in [1.54, 1.807) is 31.2 Å². The number of likely N-dealkylation sites (N-methyl/N-ethyl adjacent to an activating group) is 1. The Kier molecular flexibility index (Phi) is 5.31. The van der Waals surface area contributed by atoms with Crippen LogP contribution in [-0.2, 0) is 10.0 Å². The van der Waals surface area contributed by atoms with Crippen molar-refractivity contribution in [3.05, 3.63) is 29.8 Å². The van der Waals surface area contributed by atoms with E-state index < -0.39 is 15.9 Å². The van der Waals surface area contributed by atoms with Crippen LogP contribution >= 0.6 is 0 Å². The summed E-state index contributed by atoms with van der Waals surface area (Å²) in [6.07, 6.45) is 1.16. The first-order valence-electron chi connectivity index (χ1n) is 5.82. The maximum atomic E-state index is 11.3. The fourth-order valence-electron chi connectivity index (χ4n) is 1.54. The van der Waals surface area contributed by atoms with Gasteiger partial charge >= 0.3 is 0 Å². The molecular formula is C12H18N2O4S. The third-order valence-electron chi connectivity index (χ3n) is 2.57. The van der Waals surface area contributed by atoms with Crippen molar-refractivity contribution >= 4 is 15.9 Å². The molecule has 0 radical (unpaired) electrons. The zero-order valence-electron chi connectivity index (χ0n) is 11.0. The van der Waals surface area contributed by atoms with Crippen LogP contribution in [-0.4, -0.2) is 44.6 Å². The smallest absolute Gasteiger partial charge is 0.248 e. The molecule has 0 spiro atoms. The van der Waals surface area contributed by atoms with Gasteiger partial charge in [-0.25, -0.2) is 8.42 Å². The minimum Gasteiger partial charge on any atom is -0.492 e. The number of ether oxygens (including phenoxy) is 1. The second-order valence-corrected chi connectivity index (χ2v) is 5.97. The van der Waals surface area contributed by atoms with Crippen molar-refractivity contribution in [3.63, 3.8) is 0 Å². The van der Waals surface area contributed by atoms with Crippen molar-refractivity contribution < 1.29 is 17.9 Å². The first-order valence-corrected chi connectivity index (χ1v) is 7.67. The van der Waals surface area contributed by atoms with E-state index in [1.807, 2.05) is 0 Å². The molecule has 1 aromatic carbocycles. The highest BCUT2D eigenvalue weighted by molar-refractivity contribution is 7.88. The molecule has 0 saturated heterocycles. The maximum absolute atomic E-state index is 11.3. The topological polar surface area (TPSA) is 89.7 Å². The van der Waals surface area contributed by atoms with Gasteiger partial charge in [0.2, 0.25) is 15.9 Å². The number of carbonyl (C=O) groups is 1. The molecule has 0 heterocycles. The van der Waals surface area contributed by atoms with E-state index in [4.69, 9.17) is 10.5 Å². The van der Waals surface area contributed by atoms with Crippen LogP contribution in [0.2, 0.25) is 0 Å². The van der Waals surface area contributed by atoms with Gasteiger partial charge in [0.1, 0.15) is 12.4 Å². The summed E-state index contributed by atoms with van der Waals surface area (Å²) in [5, 5.41) is 0. The maximum Gasteiger partial charge on any atom is 0.248 e. The fourth-order valence-corrected chi connectivity index (χ4v) is 2.41. The lowest BCUT2D eigenvalue weighted by Crippen LogP contribution is -2.33. The Bertz CT molecular complexity index is 525. The van der Waals surface area contributed by atoms with Gasteiger partial charge in [0, 0.05) is 18.7 Å². The number of nitrogens with zero attached hydrogens (tertiary/aromatic N) is 1. The largest absolute Gasteiger partial charge is 0.492 e. The molecule has 0 aliphatic rings. The minimum atomic E-state index is -3.20. The zero-order chi connectivity index (χ0) is 14.5. The van der Waals surface area contributed by atoms with E-state index in [9.17, 15) is 13.2 Å². The second-order valence-electron chi connectivity index (χ2n) is 3.99. The number of primary amides is 1. The molecule has 0 fully saturated rings. The molecule has 0 aliphatic heterocycles. The highest BCUT2D eigenvalue weighted by atomic mass is 32.2. The van der Waals surface area contributed by atoms with Crippen LogP contribution in [0.3, 0.4) is 0 Å². The molecule has 0 saturated carbocycles. The minimum absolute atomic E-state index is 0.247. The number of carbonyl (C=O) groups excluding carboxylic acids is 1. The number of amides is 1. The van der Waals surface area contributed by atoms with Gasteiger partial charge in [0.25, 0.3) is 0 Å². The van der Waals surface area contributed by atoms with Crippen molar-refractivity contribution in [2.24, 2.45) is 5.73 Å². The van der Waals surface area contributed by atoms with Gasteiger partial charge in [-0.15, -0.1) is 0 Å². The number of nitrogens with two attached hydrogens (primary N) is 1. The molecule has 1 rings (SSSR count). The zero-order valence-corrected chi connectivity index (χ0v) is 11.8. The standard InChI is InChI=1S/C12H18N2O4S/c1-3-14(19(2,16)17)8-9-18-11-6-4-10(5-7-11)12(13)15/h4-7H,3,8-9H2,1-2H3,(H2,13,15). The van der Waals surface area contributed by atoms with Gasteiger partial charge in [-0.2, -0.15) is 4.31 Å². The normalized spacial score (nSPS) is 11.5. The van der Waals surface area contributed by atoms with E-state index >= 15 is 0 Å². The number of rotatable bonds is 7. The van der Waals surface area contributed by atoms with Crippen LogP contribution in [0.5, 0.6) is 5.75 Å². The lowest BCUT2D eigenvalue weighted by atomic mass is 10.2. The summed E-state index contributed by atoms with van der Waals surface area (Å²) in [5.41, 5.74) is 5.52. The molecule has 1 amide bonds. The molecule has 0 bridgehead atoms. The van der Waals surface area contributed by atoms with Gasteiger partial charge in [0.05, 0.1) is 6.26 Å². The molecule has 0 aliphatic carbocycles. The van der Waals surface area contributed by atoms with Gasteiger partial charge < -0.3 is 10.5 Å². The Morgan fingerprint density at radius 2 is 1.89 bits per heavy atom. The number of hydrogen-bond acceptors (Lipinski definition) is 4.